The first-order chi connectivity index (χ1) is 15.7. The van der Waals surface area contributed by atoms with Crippen LogP contribution < -0.4 is 0 Å². The molecule has 1 aliphatic rings. The molecule has 33 heavy (non-hydrogen) atoms. The fraction of sp³-hybridized carbons (Fsp3) is 0.179. The number of carboxylic acid groups (broad SMARTS) is 1. The lowest BCUT2D eigenvalue weighted by Gasteiger charge is -2.18. The minimum atomic E-state index is -1.19. The van der Waals surface area contributed by atoms with Gasteiger partial charge >= 0.3 is 5.97 Å². The molecule has 166 valence electrons. The number of rotatable bonds is 6. The molecule has 4 nitrogen and oxygen atoms in total. The van der Waals surface area contributed by atoms with Gasteiger partial charge in [0.1, 0.15) is 11.5 Å². The van der Waals surface area contributed by atoms with Crippen LogP contribution in [0.5, 0.6) is 0 Å². The predicted molar refractivity (Wildman–Crippen MR) is 129 cm³/mol. The fourth-order valence-corrected chi connectivity index (χ4v) is 4.22. The van der Waals surface area contributed by atoms with E-state index in [0.717, 1.165) is 28.3 Å². The normalized spacial score (nSPS) is 14.5. The van der Waals surface area contributed by atoms with Crippen LogP contribution in [0.4, 0.5) is 4.39 Å². The van der Waals surface area contributed by atoms with Crippen LogP contribution in [-0.4, -0.2) is 11.1 Å². The van der Waals surface area contributed by atoms with Gasteiger partial charge < -0.3 is 5.11 Å². The smallest absolute Gasteiger partial charge is 0.335 e. The average molecular weight is 442 g/mol. The van der Waals surface area contributed by atoms with Crippen molar-refractivity contribution in [3.8, 4) is 0 Å². The molecule has 0 unspecified atom stereocenters. The number of aryl methyl sites for hydroxylation is 1. The van der Waals surface area contributed by atoms with Gasteiger partial charge in [0.15, 0.2) is 0 Å². The van der Waals surface area contributed by atoms with Gasteiger partial charge in [0, 0.05) is 11.0 Å². The lowest BCUT2D eigenvalue weighted by Crippen LogP contribution is -2.11. The molecular weight excluding hydrogens is 417 g/mol. The second-order valence-electron chi connectivity index (χ2n) is 8.90. The van der Waals surface area contributed by atoms with Gasteiger partial charge in [0.05, 0.1) is 5.56 Å². The van der Waals surface area contributed by atoms with Gasteiger partial charge in [-0.15, -0.1) is 4.91 Å². The Morgan fingerprint density at radius 1 is 1.03 bits per heavy atom. The molecule has 1 N–H and O–H groups in total. The van der Waals surface area contributed by atoms with Crippen LogP contribution in [0.25, 0.3) is 11.3 Å². The lowest BCUT2D eigenvalue weighted by molar-refractivity contribution is 0.0696. The first kappa shape index (κ1) is 22.3. The number of allylic oxidation sites excluding steroid dienone is 2. The third kappa shape index (κ3) is 4.40. The second-order valence-corrected chi connectivity index (χ2v) is 8.90. The van der Waals surface area contributed by atoms with Gasteiger partial charge in [-0.1, -0.05) is 74.0 Å². The molecule has 0 aromatic heterocycles. The van der Waals surface area contributed by atoms with Crippen molar-refractivity contribution in [2.75, 3.05) is 0 Å². The summed E-state index contributed by atoms with van der Waals surface area (Å²) in [6, 6.07) is 18.0. The number of hydrogen-bond donors (Lipinski definition) is 1. The first-order valence-corrected chi connectivity index (χ1v) is 10.7. The minimum absolute atomic E-state index is 0.119. The summed E-state index contributed by atoms with van der Waals surface area (Å²) >= 11 is 0. The van der Waals surface area contributed by atoms with Gasteiger partial charge in [0.25, 0.3) is 0 Å². The number of hydrogen-bond acceptors (Lipinski definition) is 3. The predicted octanol–water partition coefficient (Wildman–Crippen LogP) is 6.91. The van der Waals surface area contributed by atoms with E-state index in [0.29, 0.717) is 11.1 Å². The fourth-order valence-electron chi connectivity index (χ4n) is 4.22. The first-order valence-electron chi connectivity index (χ1n) is 10.7. The van der Waals surface area contributed by atoms with E-state index >= 15 is 0 Å². The zero-order valence-corrected chi connectivity index (χ0v) is 18.7. The molecule has 5 heteroatoms. The highest BCUT2D eigenvalue weighted by atomic mass is 19.1. The average Bonchev–Trinajstić information content (AvgIpc) is 3.06. The Kier molecular flexibility index (Phi) is 5.81. The van der Waals surface area contributed by atoms with Gasteiger partial charge in [-0.05, 0) is 64.5 Å². The molecule has 0 bridgehead atoms. The van der Waals surface area contributed by atoms with Crippen LogP contribution in [0.1, 0.15) is 57.6 Å². The van der Waals surface area contributed by atoms with E-state index in [1.54, 1.807) is 6.08 Å². The number of carboxylic acids is 1. The van der Waals surface area contributed by atoms with Crippen LogP contribution in [0, 0.1) is 17.6 Å². The molecule has 0 fully saturated rings. The third-order valence-corrected chi connectivity index (χ3v) is 6.08. The quantitative estimate of drug-likeness (QED) is 0.423. The molecule has 0 amide bonds. The standard InChI is InChI=1S/C28H24FNO3/c1-17-4-6-18(7-5-17)23-16-28(2,3)24-14-20(10-12-22(23)24)26(30-33)13-11-19-8-9-21(27(31)32)15-25(19)29/h4-10,12-16H,11H2,1-3H3,(H,31,32). The Hall–Kier alpha value is -3.86. The minimum Gasteiger partial charge on any atom is -0.478 e. The molecule has 3 aromatic carbocycles. The molecule has 0 spiro atoms. The molecule has 0 aliphatic heterocycles. The van der Waals surface area contributed by atoms with Crippen LogP contribution >= 0.6 is 0 Å². The Bertz CT molecular complexity index is 1320. The molecule has 0 saturated carbocycles. The van der Waals surface area contributed by atoms with Crippen molar-refractivity contribution in [3.63, 3.8) is 0 Å². The topological polar surface area (TPSA) is 66.7 Å². The Labute approximate surface area is 192 Å². The summed E-state index contributed by atoms with van der Waals surface area (Å²) in [5, 5.41) is 12.2. The molecule has 0 heterocycles. The number of carbonyl (C=O) groups is 1. The van der Waals surface area contributed by atoms with E-state index in [4.69, 9.17) is 5.11 Å². The molecule has 4 rings (SSSR count). The largest absolute Gasteiger partial charge is 0.478 e. The van der Waals surface area contributed by atoms with Crippen LogP contribution in [-0.2, 0) is 11.8 Å². The monoisotopic (exact) mass is 441 g/mol. The maximum Gasteiger partial charge on any atom is 0.335 e. The second kappa shape index (κ2) is 8.58. The molecule has 0 saturated heterocycles. The van der Waals surface area contributed by atoms with Crippen LogP contribution in [0.3, 0.4) is 0 Å². The van der Waals surface area contributed by atoms with Crippen molar-refractivity contribution in [1.29, 1.82) is 0 Å². The summed E-state index contributed by atoms with van der Waals surface area (Å²) in [5.74, 6) is -1.82. The van der Waals surface area contributed by atoms with Crippen molar-refractivity contribution in [1.82, 2.24) is 0 Å². The van der Waals surface area contributed by atoms with Crippen molar-refractivity contribution in [2.24, 2.45) is 5.18 Å². The zero-order chi connectivity index (χ0) is 23.8. The van der Waals surface area contributed by atoms with E-state index < -0.39 is 11.8 Å². The summed E-state index contributed by atoms with van der Waals surface area (Å²) in [4.78, 5) is 22.6. The molecule has 0 radical (unpaired) electrons. The third-order valence-electron chi connectivity index (χ3n) is 6.08. The highest BCUT2D eigenvalue weighted by Gasteiger charge is 2.31. The number of halogens is 1. The van der Waals surface area contributed by atoms with Crippen LogP contribution in [0.2, 0.25) is 0 Å². The summed E-state index contributed by atoms with van der Waals surface area (Å²) in [6.45, 7) is 6.32. The summed E-state index contributed by atoms with van der Waals surface area (Å²) in [6.07, 6.45) is 3.94. The Balaban J connectivity index is 1.66. The Morgan fingerprint density at radius 3 is 2.36 bits per heavy atom. The van der Waals surface area contributed by atoms with Crippen molar-refractivity contribution in [2.45, 2.75) is 32.6 Å². The molecule has 1 aliphatic carbocycles. The summed E-state index contributed by atoms with van der Waals surface area (Å²) in [7, 11) is 0. The van der Waals surface area contributed by atoms with Crippen molar-refractivity contribution in [3.05, 3.63) is 122 Å². The SMILES string of the molecule is Cc1ccc(C2=CC(C)(C)c3cc(C(=CCc4ccc(C(=O)O)cc4F)N=O)ccc32)cc1. The summed E-state index contributed by atoms with van der Waals surface area (Å²) < 4.78 is 14.3. The van der Waals surface area contributed by atoms with Gasteiger partial charge in [-0.2, -0.15) is 0 Å². The van der Waals surface area contributed by atoms with E-state index in [-0.39, 0.29) is 23.1 Å². The number of nitroso groups, excluding NO2 is 1. The molecule has 3 aromatic rings. The highest BCUT2D eigenvalue weighted by molar-refractivity contribution is 5.88. The van der Waals surface area contributed by atoms with E-state index in [2.05, 4.69) is 56.3 Å². The van der Waals surface area contributed by atoms with Gasteiger partial charge in [-0.25, -0.2) is 9.18 Å². The number of benzene rings is 3. The van der Waals surface area contributed by atoms with Crippen LogP contribution in [0.15, 0.2) is 78.0 Å². The Morgan fingerprint density at radius 2 is 1.73 bits per heavy atom. The van der Waals surface area contributed by atoms with E-state index in [1.807, 2.05) is 18.2 Å². The number of fused-ring (bicyclic) bond motifs is 1. The van der Waals surface area contributed by atoms with Gasteiger partial charge in [-0.3, -0.25) is 0 Å². The number of aromatic carboxylic acids is 1. The van der Waals surface area contributed by atoms with E-state index in [9.17, 15) is 14.1 Å². The van der Waals surface area contributed by atoms with E-state index in [1.165, 1.54) is 17.7 Å². The zero-order valence-electron chi connectivity index (χ0n) is 18.7. The van der Waals surface area contributed by atoms with Crippen molar-refractivity contribution >= 4 is 17.2 Å². The lowest BCUT2D eigenvalue weighted by atomic mass is 9.86. The van der Waals surface area contributed by atoms with Crippen molar-refractivity contribution < 1.29 is 14.3 Å². The number of nitrogens with zero attached hydrogens (tertiary/aromatic N) is 1. The molecular formula is C28H24FNO3. The molecule has 0 atom stereocenters. The summed E-state index contributed by atoms with van der Waals surface area (Å²) in [5.41, 5.74) is 6.56. The maximum absolute atomic E-state index is 14.3. The maximum atomic E-state index is 14.3. The highest BCUT2D eigenvalue weighted by Crippen LogP contribution is 2.44. The van der Waals surface area contributed by atoms with Gasteiger partial charge in [0.2, 0.25) is 0 Å².